The molecule has 0 saturated heterocycles. The Kier molecular flexibility index (Phi) is 3.75. The molecule has 0 radical (unpaired) electrons. The van der Waals surface area contributed by atoms with Crippen LogP contribution in [0.2, 0.25) is 0 Å². The lowest BCUT2D eigenvalue weighted by Gasteiger charge is -2.01. The SMILES string of the molecule is Cc1n[nH]c(C)c1NC(=O)/C=C/c1ccccc1F. The van der Waals surface area contributed by atoms with Gasteiger partial charge < -0.3 is 5.32 Å². The summed E-state index contributed by atoms with van der Waals surface area (Å²) in [6.07, 6.45) is 2.74. The predicted octanol–water partition coefficient (Wildman–Crippen LogP) is 2.82. The largest absolute Gasteiger partial charge is 0.319 e. The highest BCUT2D eigenvalue weighted by atomic mass is 19.1. The minimum Gasteiger partial charge on any atom is -0.319 e. The minimum absolute atomic E-state index is 0.323. The number of H-pyrrole nitrogens is 1. The molecule has 0 aliphatic rings. The van der Waals surface area contributed by atoms with E-state index in [1.165, 1.54) is 18.2 Å². The number of hydrogen-bond donors (Lipinski definition) is 2. The fourth-order valence-corrected chi connectivity index (χ4v) is 1.68. The van der Waals surface area contributed by atoms with Gasteiger partial charge in [0.1, 0.15) is 5.82 Å². The van der Waals surface area contributed by atoms with Crippen molar-refractivity contribution >= 4 is 17.7 Å². The lowest BCUT2D eigenvalue weighted by Crippen LogP contribution is -2.09. The Morgan fingerprint density at radius 1 is 1.37 bits per heavy atom. The van der Waals surface area contributed by atoms with Gasteiger partial charge in [-0.1, -0.05) is 18.2 Å². The van der Waals surface area contributed by atoms with Gasteiger partial charge in [0.05, 0.1) is 17.1 Å². The summed E-state index contributed by atoms with van der Waals surface area (Å²) in [5.41, 5.74) is 2.52. The predicted molar refractivity (Wildman–Crippen MR) is 72.1 cm³/mol. The molecule has 0 bridgehead atoms. The first kappa shape index (κ1) is 13.0. The van der Waals surface area contributed by atoms with Crippen molar-refractivity contribution < 1.29 is 9.18 Å². The number of nitrogens with zero attached hydrogens (tertiary/aromatic N) is 1. The lowest BCUT2D eigenvalue weighted by molar-refractivity contribution is -0.111. The average molecular weight is 259 g/mol. The summed E-state index contributed by atoms with van der Waals surface area (Å²) in [6.45, 7) is 3.61. The summed E-state index contributed by atoms with van der Waals surface area (Å²) < 4.78 is 13.3. The fraction of sp³-hybridized carbons (Fsp3) is 0.143. The maximum Gasteiger partial charge on any atom is 0.248 e. The molecule has 1 heterocycles. The maximum atomic E-state index is 13.3. The quantitative estimate of drug-likeness (QED) is 0.833. The molecule has 1 amide bonds. The molecule has 2 rings (SSSR count). The van der Waals surface area contributed by atoms with Crippen molar-refractivity contribution in [2.45, 2.75) is 13.8 Å². The summed E-state index contributed by atoms with van der Waals surface area (Å²) in [6, 6.07) is 6.27. The van der Waals surface area contributed by atoms with Crippen LogP contribution in [0.15, 0.2) is 30.3 Å². The van der Waals surface area contributed by atoms with E-state index in [2.05, 4.69) is 15.5 Å². The van der Waals surface area contributed by atoms with Gasteiger partial charge in [0.2, 0.25) is 5.91 Å². The van der Waals surface area contributed by atoms with Crippen molar-refractivity contribution in [2.24, 2.45) is 0 Å². The molecule has 98 valence electrons. The zero-order valence-electron chi connectivity index (χ0n) is 10.7. The van der Waals surface area contributed by atoms with Gasteiger partial charge in [0.15, 0.2) is 0 Å². The second-order valence-electron chi connectivity index (χ2n) is 4.15. The van der Waals surface area contributed by atoms with Crippen LogP contribution in [-0.2, 0) is 4.79 Å². The Hall–Kier alpha value is -2.43. The van der Waals surface area contributed by atoms with Crippen LogP contribution in [0.25, 0.3) is 6.08 Å². The first-order chi connectivity index (χ1) is 9.08. The van der Waals surface area contributed by atoms with Crippen molar-refractivity contribution in [3.8, 4) is 0 Å². The van der Waals surface area contributed by atoms with Crippen molar-refractivity contribution in [1.29, 1.82) is 0 Å². The lowest BCUT2D eigenvalue weighted by atomic mass is 10.2. The van der Waals surface area contributed by atoms with Crippen molar-refractivity contribution in [3.05, 3.63) is 53.1 Å². The number of aromatic amines is 1. The number of benzene rings is 1. The molecule has 19 heavy (non-hydrogen) atoms. The van der Waals surface area contributed by atoms with Crippen molar-refractivity contribution in [1.82, 2.24) is 10.2 Å². The normalized spacial score (nSPS) is 10.9. The highest BCUT2D eigenvalue weighted by Crippen LogP contribution is 2.16. The summed E-state index contributed by atoms with van der Waals surface area (Å²) in [7, 11) is 0. The van der Waals surface area contributed by atoms with Gasteiger partial charge in [-0.3, -0.25) is 9.89 Å². The monoisotopic (exact) mass is 259 g/mol. The van der Waals surface area contributed by atoms with E-state index in [0.717, 1.165) is 5.69 Å². The van der Waals surface area contributed by atoms with Crippen molar-refractivity contribution in [2.75, 3.05) is 5.32 Å². The number of nitrogens with one attached hydrogen (secondary N) is 2. The van der Waals surface area contributed by atoms with E-state index in [9.17, 15) is 9.18 Å². The average Bonchev–Trinajstić information content (AvgIpc) is 2.70. The molecule has 0 unspecified atom stereocenters. The van der Waals surface area contributed by atoms with Crippen LogP contribution < -0.4 is 5.32 Å². The summed E-state index contributed by atoms with van der Waals surface area (Å²) >= 11 is 0. The van der Waals surface area contributed by atoms with E-state index < -0.39 is 0 Å². The Bertz CT molecular complexity index is 612. The number of amides is 1. The van der Waals surface area contributed by atoms with Crippen LogP contribution in [-0.4, -0.2) is 16.1 Å². The molecule has 1 aromatic heterocycles. The molecule has 0 aliphatic heterocycles. The topological polar surface area (TPSA) is 57.8 Å². The first-order valence-electron chi connectivity index (χ1n) is 5.83. The number of carbonyl (C=O) groups excluding carboxylic acids is 1. The number of rotatable bonds is 3. The van der Waals surface area contributed by atoms with E-state index in [1.54, 1.807) is 25.1 Å². The molecule has 0 spiro atoms. The summed E-state index contributed by atoms with van der Waals surface area (Å²) in [5, 5.41) is 9.46. The molecule has 1 aromatic carbocycles. The third-order valence-corrected chi connectivity index (χ3v) is 2.70. The van der Waals surface area contributed by atoms with E-state index in [-0.39, 0.29) is 11.7 Å². The van der Waals surface area contributed by atoms with Crippen LogP contribution >= 0.6 is 0 Å². The van der Waals surface area contributed by atoms with Gasteiger partial charge in [0.25, 0.3) is 0 Å². The number of anilines is 1. The number of aromatic nitrogens is 2. The molecule has 2 N–H and O–H groups in total. The maximum absolute atomic E-state index is 13.3. The summed E-state index contributed by atoms with van der Waals surface area (Å²) in [5.74, 6) is -0.682. The van der Waals surface area contributed by atoms with Gasteiger partial charge in [-0.25, -0.2) is 4.39 Å². The van der Waals surface area contributed by atoms with Gasteiger partial charge in [-0.2, -0.15) is 5.10 Å². The standard InChI is InChI=1S/C14H14FN3O/c1-9-14(10(2)18-17-9)16-13(19)8-7-11-5-3-4-6-12(11)15/h3-8H,1-2H3,(H,16,19)(H,17,18)/b8-7+. The number of hydrogen-bond acceptors (Lipinski definition) is 2. The zero-order valence-corrected chi connectivity index (χ0v) is 10.7. The van der Waals surface area contributed by atoms with Crippen molar-refractivity contribution in [3.63, 3.8) is 0 Å². The van der Waals surface area contributed by atoms with Crippen LogP contribution in [0.4, 0.5) is 10.1 Å². The molecule has 0 atom stereocenters. The van der Waals surface area contributed by atoms with Crippen LogP contribution in [0.3, 0.4) is 0 Å². The van der Waals surface area contributed by atoms with Crippen LogP contribution in [0.5, 0.6) is 0 Å². The second kappa shape index (κ2) is 5.48. The molecule has 5 heteroatoms. The van der Waals surface area contributed by atoms with Crippen LogP contribution in [0, 0.1) is 19.7 Å². The molecular weight excluding hydrogens is 245 g/mol. The molecule has 4 nitrogen and oxygen atoms in total. The van der Waals surface area contributed by atoms with Gasteiger partial charge >= 0.3 is 0 Å². The Balaban J connectivity index is 2.08. The Morgan fingerprint density at radius 2 is 2.11 bits per heavy atom. The molecule has 0 saturated carbocycles. The molecule has 2 aromatic rings. The van der Waals surface area contributed by atoms with E-state index in [1.807, 2.05) is 6.92 Å². The molecule has 0 aliphatic carbocycles. The van der Waals surface area contributed by atoms with E-state index in [0.29, 0.717) is 16.9 Å². The van der Waals surface area contributed by atoms with Crippen LogP contribution in [0.1, 0.15) is 17.0 Å². The molecule has 0 fully saturated rings. The number of aryl methyl sites for hydroxylation is 2. The molecular formula is C14H14FN3O. The van der Waals surface area contributed by atoms with Gasteiger partial charge in [-0.05, 0) is 26.0 Å². The second-order valence-corrected chi connectivity index (χ2v) is 4.15. The first-order valence-corrected chi connectivity index (χ1v) is 5.83. The highest BCUT2D eigenvalue weighted by Gasteiger charge is 2.08. The van der Waals surface area contributed by atoms with E-state index >= 15 is 0 Å². The smallest absolute Gasteiger partial charge is 0.248 e. The highest BCUT2D eigenvalue weighted by molar-refractivity contribution is 6.02. The fourth-order valence-electron chi connectivity index (χ4n) is 1.68. The summed E-state index contributed by atoms with van der Waals surface area (Å²) in [4.78, 5) is 11.7. The Morgan fingerprint density at radius 3 is 2.74 bits per heavy atom. The van der Waals surface area contributed by atoms with E-state index in [4.69, 9.17) is 0 Å². The van der Waals surface area contributed by atoms with Gasteiger partial charge in [0, 0.05) is 11.6 Å². The Labute approximate surface area is 110 Å². The van der Waals surface area contributed by atoms with Gasteiger partial charge in [-0.15, -0.1) is 0 Å². The minimum atomic E-state index is -0.359. The third-order valence-electron chi connectivity index (χ3n) is 2.70. The number of carbonyl (C=O) groups is 1. The number of halogens is 1. The third kappa shape index (κ3) is 3.07. The zero-order chi connectivity index (χ0) is 13.8.